The van der Waals surface area contributed by atoms with Gasteiger partial charge in [0, 0.05) is 31.4 Å². The molecule has 110 valence electrons. The number of halogens is 1. The van der Waals surface area contributed by atoms with Gasteiger partial charge in [-0.3, -0.25) is 0 Å². The van der Waals surface area contributed by atoms with E-state index in [9.17, 15) is 4.39 Å². The molecule has 0 aromatic heterocycles. The summed E-state index contributed by atoms with van der Waals surface area (Å²) in [5, 5.41) is 3.53. The fourth-order valence-corrected chi connectivity index (χ4v) is 2.91. The van der Waals surface area contributed by atoms with Crippen LogP contribution in [0.1, 0.15) is 23.6 Å². The second kappa shape index (κ2) is 5.86. The summed E-state index contributed by atoms with van der Waals surface area (Å²) in [6, 6.07) is 13.9. The lowest BCUT2D eigenvalue weighted by Crippen LogP contribution is -2.35. The summed E-state index contributed by atoms with van der Waals surface area (Å²) in [5.74, 6) is -0.162. The third-order valence-electron chi connectivity index (χ3n) is 4.14. The fourth-order valence-electron chi connectivity index (χ4n) is 2.91. The lowest BCUT2D eigenvalue weighted by Gasteiger charge is -2.27. The molecule has 3 rings (SSSR count). The Hall–Kier alpha value is -1.87. The van der Waals surface area contributed by atoms with Gasteiger partial charge in [0.05, 0.1) is 0 Å². The maximum Gasteiger partial charge on any atom is 0.123 e. The van der Waals surface area contributed by atoms with E-state index in [1.165, 1.54) is 17.3 Å². The van der Waals surface area contributed by atoms with Crippen LogP contribution in [-0.2, 0) is 13.1 Å². The minimum Gasteiger partial charge on any atom is -0.365 e. The summed E-state index contributed by atoms with van der Waals surface area (Å²) in [6.45, 7) is 6.78. The summed E-state index contributed by atoms with van der Waals surface area (Å²) in [6.07, 6.45) is 0. The fraction of sp³-hybridized carbons (Fsp3) is 0.333. The summed E-state index contributed by atoms with van der Waals surface area (Å²) in [5.41, 5.74) is 4.74. The van der Waals surface area contributed by atoms with Crippen LogP contribution in [0.3, 0.4) is 0 Å². The van der Waals surface area contributed by atoms with Crippen molar-refractivity contribution in [2.45, 2.75) is 33.0 Å². The van der Waals surface area contributed by atoms with E-state index in [4.69, 9.17) is 0 Å². The number of nitrogens with zero attached hydrogens (tertiary/aromatic N) is 1. The number of hydrogen-bond donors (Lipinski definition) is 1. The number of para-hydroxylation sites is 1. The average Bonchev–Trinajstić information content (AvgIpc) is 2.63. The number of rotatable bonds is 2. The molecule has 0 radical (unpaired) electrons. The van der Waals surface area contributed by atoms with Crippen molar-refractivity contribution in [3.63, 3.8) is 0 Å². The van der Waals surface area contributed by atoms with Crippen molar-refractivity contribution in [2.24, 2.45) is 0 Å². The van der Waals surface area contributed by atoms with Crippen LogP contribution in [0.15, 0.2) is 42.5 Å². The van der Waals surface area contributed by atoms with Crippen molar-refractivity contribution in [3.8, 4) is 0 Å². The largest absolute Gasteiger partial charge is 0.365 e. The third kappa shape index (κ3) is 3.08. The lowest BCUT2D eigenvalue weighted by molar-refractivity contribution is 0.551. The summed E-state index contributed by atoms with van der Waals surface area (Å²) in [4.78, 5) is 2.35. The topological polar surface area (TPSA) is 15.3 Å². The van der Waals surface area contributed by atoms with Crippen LogP contribution < -0.4 is 10.2 Å². The number of nitrogens with one attached hydrogen (secondary N) is 1. The molecule has 0 fully saturated rings. The van der Waals surface area contributed by atoms with Gasteiger partial charge in [0.15, 0.2) is 0 Å². The molecule has 1 N–H and O–H groups in total. The predicted molar refractivity (Wildman–Crippen MR) is 84.9 cm³/mol. The van der Waals surface area contributed by atoms with Gasteiger partial charge in [0.1, 0.15) is 5.82 Å². The summed E-state index contributed by atoms with van der Waals surface area (Å²) < 4.78 is 13.5. The molecule has 0 saturated heterocycles. The Morgan fingerprint density at radius 2 is 2.05 bits per heavy atom. The van der Waals surface area contributed by atoms with Gasteiger partial charge in [0.2, 0.25) is 0 Å². The smallest absolute Gasteiger partial charge is 0.123 e. The molecule has 21 heavy (non-hydrogen) atoms. The zero-order valence-electron chi connectivity index (χ0n) is 12.6. The molecule has 1 heterocycles. The highest BCUT2D eigenvalue weighted by Crippen LogP contribution is 2.26. The van der Waals surface area contributed by atoms with Gasteiger partial charge in [-0.1, -0.05) is 24.3 Å². The molecule has 1 atom stereocenters. The van der Waals surface area contributed by atoms with Crippen molar-refractivity contribution in [1.82, 2.24) is 5.32 Å². The molecule has 3 heteroatoms. The number of aryl methyl sites for hydroxylation is 1. The van der Waals surface area contributed by atoms with Gasteiger partial charge in [0.25, 0.3) is 0 Å². The highest BCUT2D eigenvalue weighted by molar-refractivity contribution is 5.55. The molecular formula is C18H21FN2. The van der Waals surface area contributed by atoms with Crippen LogP contribution >= 0.6 is 0 Å². The van der Waals surface area contributed by atoms with Gasteiger partial charge in [-0.05, 0) is 48.7 Å². The van der Waals surface area contributed by atoms with E-state index in [1.807, 2.05) is 13.0 Å². The summed E-state index contributed by atoms with van der Waals surface area (Å²) >= 11 is 0. The van der Waals surface area contributed by atoms with Gasteiger partial charge in [-0.25, -0.2) is 4.39 Å². The molecule has 1 aliphatic heterocycles. The number of benzene rings is 2. The Morgan fingerprint density at radius 1 is 1.24 bits per heavy atom. The van der Waals surface area contributed by atoms with Crippen molar-refractivity contribution < 1.29 is 4.39 Å². The number of anilines is 1. The van der Waals surface area contributed by atoms with Gasteiger partial charge < -0.3 is 10.2 Å². The zero-order chi connectivity index (χ0) is 14.8. The Morgan fingerprint density at radius 3 is 2.90 bits per heavy atom. The lowest BCUT2D eigenvalue weighted by atomic mass is 10.1. The van der Waals surface area contributed by atoms with Gasteiger partial charge in [-0.15, -0.1) is 0 Å². The Kier molecular flexibility index (Phi) is 3.93. The molecule has 1 aliphatic rings. The Balaban J connectivity index is 1.94. The molecule has 2 nitrogen and oxygen atoms in total. The van der Waals surface area contributed by atoms with Crippen LogP contribution in [0, 0.1) is 12.7 Å². The molecular weight excluding hydrogens is 263 g/mol. The highest BCUT2D eigenvalue weighted by atomic mass is 19.1. The first kappa shape index (κ1) is 14.1. The van der Waals surface area contributed by atoms with Crippen LogP contribution in [0.25, 0.3) is 0 Å². The van der Waals surface area contributed by atoms with E-state index >= 15 is 0 Å². The first-order valence-corrected chi connectivity index (χ1v) is 7.45. The van der Waals surface area contributed by atoms with E-state index in [1.54, 1.807) is 6.07 Å². The highest BCUT2D eigenvalue weighted by Gasteiger charge is 2.19. The van der Waals surface area contributed by atoms with E-state index in [-0.39, 0.29) is 5.82 Å². The summed E-state index contributed by atoms with van der Waals surface area (Å²) in [7, 11) is 0. The average molecular weight is 284 g/mol. The first-order chi connectivity index (χ1) is 10.1. The Labute approximate surface area is 125 Å². The number of fused-ring (bicyclic) bond motifs is 1. The van der Waals surface area contributed by atoms with Crippen LogP contribution in [-0.4, -0.2) is 12.6 Å². The van der Waals surface area contributed by atoms with Crippen molar-refractivity contribution in [1.29, 1.82) is 0 Å². The van der Waals surface area contributed by atoms with Crippen LogP contribution in [0.2, 0.25) is 0 Å². The monoisotopic (exact) mass is 284 g/mol. The van der Waals surface area contributed by atoms with Gasteiger partial charge >= 0.3 is 0 Å². The maximum atomic E-state index is 13.5. The van der Waals surface area contributed by atoms with E-state index in [0.29, 0.717) is 6.04 Å². The van der Waals surface area contributed by atoms with Crippen molar-refractivity contribution >= 4 is 5.69 Å². The zero-order valence-corrected chi connectivity index (χ0v) is 12.6. The van der Waals surface area contributed by atoms with Crippen LogP contribution in [0.5, 0.6) is 0 Å². The van der Waals surface area contributed by atoms with E-state index in [2.05, 4.69) is 41.4 Å². The van der Waals surface area contributed by atoms with Crippen molar-refractivity contribution in [3.05, 3.63) is 65.0 Å². The molecule has 0 amide bonds. The predicted octanol–water partition coefficient (Wildman–Crippen LogP) is 3.63. The van der Waals surface area contributed by atoms with Crippen LogP contribution in [0.4, 0.5) is 10.1 Å². The molecule has 2 aromatic rings. The third-order valence-corrected chi connectivity index (χ3v) is 4.14. The van der Waals surface area contributed by atoms with Gasteiger partial charge in [-0.2, -0.15) is 0 Å². The Bertz CT molecular complexity index is 639. The molecule has 0 spiro atoms. The molecule has 0 saturated carbocycles. The molecule has 1 unspecified atom stereocenters. The quantitative estimate of drug-likeness (QED) is 0.906. The normalized spacial score (nSPS) is 18.2. The minimum absolute atomic E-state index is 0.162. The minimum atomic E-state index is -0.162. The molecule has 2 aromatic carbocycles. The standard InChI is InChI=1S/C18H21FN2/c1-13-7-8-17(19)9-16(13)12-21-11-14(2)20-10-15-5-3-4-6-18(15)21/h3-9,14,20H,10-12H2,1-2H3. The molecule has 0 aliphatic carbocycles. The second-order valence-corrected chi connectivity index (χ2v) is 5.86. The number of hydrogen-bond acceptors (Lipinski definition) is 2. The maximum absolute atomic E-state index is 13.5. The van der Waals surface area contributed by atoms with E-state index in [0.717, 1.165) is 30.8 Å². The SMILES string of the molecule is Cc1ccc(F)cc1CN1CC(C)NCc2ccccc21. The first-order valence-electron chi connectivity index (χ1n) is 7.45. The molecule has 0 bridgehead atoms. The van der Waals surface area contributed by atoms with E-state index < -0.39 is 0 Å². The second-order valence-electron chi connectivity index (χ2n) is 5.86. The van der Waals surface area contributed by atoms with Crippen molar-refractivity contribution in [2.75, 3.05) is 11.4 Å².